The van der Waals surface area contributed by atoms with E-state index >= 15 is 0 Å². The molecule has 0 amide bonds. The Morgan fingerprint density at radius 3 is 2.63 bits per heavy atom. The molecule has 0 N–H and O–H groups in total. The van der Waals surface area contributed by atoms with Crippen molar-refractivity contribution in [2.24, 2.45) is 4.99 Å². The van der Waals surface area contributed by atoms with Crippen molar-refractivity contribution in [2.45, 2.75) is 57.5 Å². The smallest absolute Gasteiger partial charge is 0.108 e. The maximum Gasteiger partial charge on any atom is 0.108 e. The first-order valence-corrected chi connectivity index (χ1v) is 12.3. The molecule has 0 aliphatic heterocycles. The van der Waals surface area contributed by atoms with Gasteiger partial charge in [0.1, 0.15) is 7.22 Å². The fourth-order valence-corrected chi connectivity index (χ4v) is 7.73. The molecule has 0 heterocycles. The summed E-state index contributed by atoms with van der Waals surface area (Å²) >= 11 is 2.25. The van der Waals surface area contributed by atoms with E-state index in [1.807, 2.05) is 0 Å². The van der Waals surface area contributed by atoms with Crippen molar-refractivity contribution in [1.29, 1.82) is 0 Å². The fourth-order valence-electron chi connectivity index (χ4n) is 2.56. The van der Waals surface area contributed by atoms with Crippen molar-refractivity contribution >= 4 is 29.8 Å². The second-order valence-electron chi connectivity index (χ2n) is 6.41. The Labute approximate surface area is 122 Å². The highest BCUT2D eigenvalue weighted by Gasteiger charge is 2.25. The van der Waals surface area contributed by atoms with Gasteiger partial charge in [0.15, 0.2) is 0 Å². The number of hydrogen-bond donors (Lipinski definition) is 0. The minimum absolute atomic E-state index is 0.809. The highest BCUT2D eigenvalue weighted by Crippen LogP contribution is 2.34. The van der Waals surface area contributed by atoms with Crippen LogP contribution in [0.2, 0.25) is 19.6 Å². The zero-order valence-corrected chi connectivity index (χ0v) is 14.4. The molecule has 1 unspecified atom stereocenters. The van der Waals surface area contributed by atoms with Crippen LogP contribution in [-0.2, 0) is 0 Å². The minimum Gasteiger partial charge on any atom is -0.258 e. The van der Waals surface area contributed by atoms with E-state index in [2.05, 4.69) is 62.0 Å². The van der Waals surface area contributed by atoms with Gasteiger partial charge in [-0.1, -0.05) is 37.8 Å². The maximum absolute atomic E-state index is 4.92. The quantitative estimate of drug-likeness (QED) is 0.662. The molecule has 0 aromatic heterocycles. The molecule has 19 heavy (non-hydrogen) atoms. The van der Waals surface area contributed by atoms with Crippen LogP contribution in [0.3, 0.4) is 0 Å². The van der Waals surface area contributed by atoms with Gasteiger partial charge >= 0.3 is 0 Å². The SMILES string of the molecule is Cc1ccccc1/N=C1\CCCC(S[Si](C)(C)C)C1. The third-order valence-electron chi connectivity index (χ3n) is 3.37. The number of hydrogen-bond acceptors (Lipinski definition) is 2. The van der Waals surface area contributed by atoms with Crippen molar-refractivity contribution in [3.05, 3.63) is 29.8 Å². The predicted octanol–water partition coefficient (Wildman–Crippen LogP) is 5.58. The van der Waals surface area contributed by atoms with Crippen LogP contribution >= 0.6 is 11.2 Å². The first-order chi connectivity index (χ1) is 8.94. The molecule has 1 nitrogen and oxygen atoms in total. The molecule has 0 saturated heterocycles. The van der Waals surface area contributed by atoms with Crippen LogP contribution in [0, 0.1) is 6.92 Å². The fraction of sp³-hybridized carbons (Fsp3) is 0.562. The number of nitrogens with zero attached hydrogens (tertiary/aromatic N) is 1. The Bertz CT molecular complexity index is 462. The Balaban J connectivity index is 2.07. The van der Waals surface area contributed by atoms with Crippen LogP contribution in [0.25, 0.3) is 0 Å². The van der Waals surface area contributed by atoms with E-state index in [9.17, 15) is 0 Å². The summed E-state index contributed by atoms with van der Waals surface area (Å²) in [5, 5.41) is 0.809. The van der Waals surface area contributed by atoms with E-state index in [4.69, 9.17) is 4.99 Å². The first kappa shape index (κ1) is 14.9. The monoisotopic (exact) mass is 291 g/mol. The van der Waals surface area contributed by atoms with Gasteiger partial charge in [-0.25, -0.2) is 0 Å². The van der Waals surface area contributed by atoms with Gasteiger partial charge in [-0.3, -0.25) is 4.99 Å². The molecule has 0 radical (unpaired) electrons. The van der Waals surface area contributed by atoms with Gasteiger partial charge in [0.05, 0.1) is 5.69 Å². The molecule has 0 bridgehead atoms. The standard InChI is InChI=1S/C16H25NSSi/c1-13-8-5-6-11-16(13)17-14-9-7-10-15(12-14)18-19(2,3)4/h5-6,8,11,15H,7,9-10,12H2,1-4H3/b17-14+. The van der Waals surface area contributed by atoms with E-state index in [0.717, 1.165) is 10.9 Å². The molecule has 1 aliphatic carbocycles. The van der Waals surface area contributed by atoms with Crippen molar-refractivity contribution in [2.75, 3.05) is 0 Å². The molecule has 1 aliphatic rings. The predicted molar refractivity (Wildman–Crippen MR) is 91.5 cm³/mol. The second kappa shape index (κ2) is 6.27. The zero-order chi connectivity index (χ0) is 13.9. The Kier molecular flexibility index (Phi) is 4.90. The maximum atomic E-state index is 4.92. The van der Waals surface area contributed by atoms with Gasteiger partial charge in [-0.15, -0.1) is 0 Å². The zero-order valence-electron chi connectivity index (χ0n) is 12.6. The van der Waals surface area contributed by atoms with Crippen LogP contribution in [0.4, 0.5) is 5.69 Å². The number of para-hydroxylation sites is 1. The molecule has 2 rings (SSSR count). The van der Waals surface area contributed by atoms with Gasteiger partial charge in [-0.05, 0) is 44.2 Å². The summed E-state index contributed by atoms with van der Waals surface area (Å²) in [6.07, 6.45) is 5.08. The molecule has 1 aromatic rings. The number of aryl methyl sites for hydroxylation is 1. The summed E-state index contributed by atoms with van der Waals surface area (Å²) in [6.45, 7) is 9.50. The van der Waals surface area contributed by atoms with E-state index in [-0.39, 0.29) is 0 Å². The molecule has 104 valence electrons. The first-order valence-electron chi connectivity index (χ1n) is 7.24. The van der Waals surface area contributed by atoms with Crippen molar-refractivity contribution < 1.29 is 0 Å². The van der Waals surface area contributed by atoms with Gasteiger partial charge in [0, 0.05) is 11.0 Å². The summed E-state index contributed by atoms with van der Waals surface area (Å²) < 4.78 is 0. The summed E-state index contributed by atoms with van der Waals surface area (Å²) in [5.74, 6) is 0. The van der Waals surface area contributed by atoms with E-state index < -0.39 is 7.22 Å². The lowest BCUT2D eigenvalue weighted by molar-refractivity contribution is 0.683. The van der Waals surface area contributed by atoms with E-state index in [1.54, 1.807) is 0 Å². The van der Waals surface area contributed by atoms with Crippen LogP contribution in [0.1, 0.15) is 31.2 Å². The lowest BCUT2D eigenvalue weighted by atomic mass is 9.97. The van der Waals surface area contributed by atoms with Crippen LogP contribution in [0.5, 0.6) is 0 Å². The highest BCUT2D eigenvalue weighted by molar-refractivity contribution is 8.29. The largest absolute Gasteiger partial charge is 0.258 e. The molecule has 1 fully saturated rings. The summed E-state index contributed by atoms with van der Waals surface area (Å²) in [7, 11) is -1.02. The number of rotatable bonds is 3. The van der Waals surface area contributed by atoms with Gasteiger partial charge in [0.25, 0.3) is 0 Å². The third kappa shape index (κ3) is 4.81. The van der Waals surface area contributed by atoms with Crippen molar-refractivity contribution in [3.63, 3.8) is 0 Å². The minimum atomic E-state index is -1.02. The average molecular weight is 292 g/mol. The van der Waals surface area contributed by atoms with E-state index in [0.29, 0.717) is 0 Å². The average Bonchev–Trinajstić information content (AvgIpc) is 2.30. The molecule has 0 spiro atoms. The number of benzene rings is 1. The van der Waals surface area contributed by atoms with Gasteiger partial charge < -0.3 is 0 Å². The van der Waals surface area contributed by atoms with Crippen molar-refractivity contribution in [3.8, 4) is 0 Å². The lowest BCUT2D eigenvalue weighted by Crippen LogP contribution is -2.25. The summed E-state index contributed by atoms with van der Waals surface area (Å²) in [5.41, 5.74) is 3.86. The molecule has 3 heteroatoms. The third-order valence-corrected chi connectivity index (χ3v) is 7.93. The molecular weight excluding hydrogens is 266 g/mol. The topological polar surface area (TPSA) is 12.4 Å². The highest BCUT2D eigenvalue weighted by atomic mass is 32.4. The van der Waals surface area contributed by atoms with Gasteiger partial charge in [0.2, 0.25) is 0 Å². The summed E-state index contributed by atoms with van der Waals surface area (Å²) in [4.78, 5) is 4.92. The molecule has 1 atom stereocenters. The number of aliphatic imine (C=N–C) groups is 1. The Morgan fingerprint density at radius 2 is 1.95 bits per heavy atom. The van der Waals surface area contributed by atoms with Gasteiger partial charge in [-0.2, -0.15) is 11.2 Å². The van der Waals surface area contributed by atoms with Crippen LogP contribution < -0.4 is 0 Å². The molecular formula is C16H25NSSi. The van der Waals surface area contributed by atoms with Crippen LogP contribution in [-0.4, -0.2) is 18.2 Å². The normalized spacial score (nSPS) is 22.7. The lowest BCUT2D eigenvalue weighted by Gasteiger charge is -2.28. The van der Waals surface area contributed by atoms with Crippen LogP contribution in [0.15, 0.2) is 29.3 Å². The Morgan fingerprint density at radius 1 is 1.21 bits per heavy atom. The molecule has 1 saturated carbocycles. The van der Waals surface area contributed by atoms with Crippen molar-refractivity contribution in [1.82, 2.24) is 0 Å². The van der Waals surface area contributed by atoms with E-state index in [1.165, 1.54) is 37.0 Å². The second-order valence-corrected chi connectivity index (χ2v) is 15.9. The molecule has 1 aromatic carbocycles. The Hall–Kier alpha value is -0.543. The summed E-state index contributed by atoms with van der Waals surface area (Å²) in [6, 6.07) is 8.46.